The Labute approximate surface area is 322 Å². The summed E-state index contributed by atoms with van der Waals surface area (Å²) in [5.74, 6) is 0. The van der Waals surface area contributed by atoms with Crippen molar-refractivity contribution in [3.63, 3.8) is 0 Å². The molecule has 0 aliphatic carbocycles. The van der Waals surface area contributed by atoms with Crippen LogP contribution in [0.3, 0.4) is 0 Å². The fraction of sp³-hybridized carbons (Fsp3) is 0.0833. The summed E-state index contributed by atoms with van der Waals surface area (Å²) in [6, 6.07) is 69.3. The summed E-state index contributed by atoms with van der Waals surface area (Å²) in [6.45, 7) is 3.86. The summed E-state index contributed by atoms with van der Waals surface area (Å²) in [6.07, 6.45) is 2.17. The number of aliphatic hydroxyl groups is 2. The van der Waals surface area contributed by atoms with Gasteiger partial charge in [-0.3, -0.25) is 0 Å². The van der Waals surface area contributed by atoms with E-state index in [1.807, 2.05) is 12.1 Å². The summed E-state index contributed by atoms with van der Waals surface area (Å²) in [7, 11) is 0. The second kappa shape index (κ2) is 23.5. The van der Waals surface area contributed by atoms with Gasteiger partial charge in [0.05, 0.1) is 0 Å². The maximum absolute atomic E-state index is 7.57. The fourth-order valence-electron chi connectivity index (χ4n) is 5.33. The molecule has 0 heterocycles. The van der Waals surface area contributed by atoms with Gasteiger partial charge < -0.3 is 10.2 Å². The molecule has 9 rings (SSSR count). The normalized spacial score (nSPS) is 9.57. The minimum absolute atomic E-state index is 0. The van der Waals surface area contributed by atoms with E-state index in [1.54, 1.807) is 13.8 Å². The van der Waals surface area contributed by atoms with Crippen LogP contribution in [0.4, 0.5) is 0 Å². The molecule has 0 saturated carbocycles. The van der Waals surface area contributed by atoms with Crippen LogP contribution in [-0.4, -0.2) is 23.4 Å². The Kier molecular flexibility index (Phi) is 18.7. The van der Waals surface area contributed by atoms with Gasteiger partial charge >= 0.3 is 26.2 Å². The molecule has 0 bridgehead atoms. The Morgan fingerprint density at radius 3 is 1.10 bits per heavy atom. The van der Waals surface area contributed by atoms with Crippen LogP contribution in [0.1, 0.15) is 25.0 Å². The van der Waals surface area contributed by atoms with E-state index in [2.05, 4.69) is 194 Å². The standard InChI is InChI=1S/C13H9.C13H11.2C9H7.2C2H6O.Zr/c1-3-7-12-10(5-1)9-11-6-2-4-8-13(11)12;1-3-7-12(8-4-1)11-13-9-5-2-6-10-13;2*1-2-5-9-7-3-6-8(9)4-1;2*1-2-3;/h1-9H;1-11H;2*1-7H;2*3H,2H2,1H3;/q4*-1;;;+4. The minimum atomic E-state index is 0. The van der Waals surface area contributed by atoms with Gasteiger partial charge in [0, 0.05) is 13.2 Å². The molecule has 0 aliphatic heterocycles. The molecule has 0 aromatic heterocycles. The van der Waals surface area contributed by atoms with Crippen molar-refractivity contribution in [1.82, 2.24) is 0 Å². The van der Waals surface area contributed by atoms with Crippen LogP contribution in [-0.2, 0) is 26.2 Å². The van der Waals surface area contributed by atoms with E-state index in [1.165, 1.54) is 54.2 Å². The van der Waals surface area contributed by atoms with Crippen LogP contribution < -0.4 is 0 Å². The quantitative estimate of drug-likeness (QED) is 0.173. The molecule has 254 valence electrons. The molecule has 0 spiro atoms. The summed E-state index contributed by atoms with van der Waals surface area (Å²) in [5.41, 5.74) is 2.49. The van der Waals surface area contributed by atoms with Crippen LogP contribution in [0, 0.1) is 6.42 Å². The number of fused-ring (bicyclic) bond motifs is 5. The molecular formula is C48H46O2Zr. The minimum Gasteiger partial charge on any atom is -0.397 e. The number of aliphatic hydroxyl groups excluding tert-OH is 2. The molecule has 3 heteroatoms. The number of hydrogen-bond acceptors (Lipinski definition) is 2. The summed E-state index contributed by atoms with van der Waals surface area (Å²) < 4.78 is 0. The second-order valence-electron chi connectivity index (χ2n) is 11.2. The van der Waals surface area contributed by atoms with E-state index in [4.69, 9.17) is 10.2 Å². The number of hydrogen-bond donors (Lipinski definition) is 2. The van der Waals surface area contributed by atoms with Gasteiger partial charge in [-0.2, -0.15) is 35.0 Å². The third kappa shape index (κ3) is 13.4. The second-order valence-corrected chi connectivity index (χ2v) is 11.2. The molecule has 9 aromatic rings. The molecule has 0 aliphatic rings. The van der Waals surface area contributed by atoms with Crippen molar-refractivity contribution in [2.75, 3.05) is 13.2 Å². The maximum Gasteiger partial charge on any atom is 4.00 e. The summed E-state index contributed by atoms with van der Waals surface area (Å²) >= 11 is 0. The average molecular weight is 746 g/mol. The van der Waals surface area contributed by atoms with Gasteiger partial charge in [0.1, 0.15) is 0 Å². The van der Waals surface area contributed by atoms with Crippen molar-refractivity contribution >= 4 is 43.1 Å². The third-order valence-corrected chi connectivity index (χ3v) is 7.55. The van der Waals surface area contributed by atoms with Crippen molar-refractivity contribution < 1.29 is 36.4 Å². The Balaban J connectivity index is 0.000000175. The van der Waals surface area contributed by atoms with Crippen molar-refractivity contribution in [2.45, 2.75) is 13.8 Å². The van der Waals surface area contributed by atoms with E-state index in [-0.39, 0.29) is 39.4 Å². The molecule has 0 amide bonds. The van der Waals surface area contributed by atoms with Crippen LogP contribution in [0.5, 0.6) is 0 Å². The molecular weight excluding hydrogens is 700 g/mol. The van der Waals surface area contributed by atoms with Gasteiger partial charge in [0.15, 0.2) is 0 Å². The van der Waals surface area contributed by atoms with E-state index in [0.29, 0.717) is 0 Å². The van der Waals surface area contributed by atoms with Gasteiger partial charge in [0.25, 0.3) is 0 Å². The Bertz CT molecular complexity index is 1970. The van der Waals surface area contributed by atoms with Crippen molar-refractivity contribution in [2.24, 2.45) is 0 Å². The predicted molar refractivity (Wildman–Crippen MR) is 217 cm³/mol. The molecule has 0 radical (unpaired) electrons. The zero-order chi connectivity index (χ0) is 35.2. The summed E-state index contributed by atoms with van der Waals surface area (Å²) in [5, 5.41) is 25.9. The van der Waals surface area contributed by atoms with E-state index in [9.17, 15) is 0 Å². The van der Waals surface area contributed by atoms with Gasteiger partial charge in [0.2, 0.25) is 0 Å². The van der Waals surface area contributed by atoms with Crippen molar-refractivity contribution in [3.05, 3.63) is 218 Å². The Morgan fingerprint density at radius 2 is 0.725 bits per heavy atom. The molecule has 51 heavy (non-hydrogen) atoms. The maximum atomic E-state index is 7.57. The molecule has 2 nitrogen and oxygen atoms in total. The van der Waals surface area contributed by atoms with Gasteiger partial charge in [-0.15, -0.1) is 141 Å². The average Bonchev–Trinajstić information content (AvgIpc) is 3.93. The monoisotopic (exact) mass is 744 g/mol. The van der Waals surface area contributed by atoms with E-state index in [0.717, 1.165) is 0 Å². The predicted octanol–water partition coefficient (Wildman–Crippen LogP) is 12.1. The van der Waals surface area contributed by atoms with E-state index < -0.39 is 0 Å². The zero-order valence-electron chi connectivity index (χ0n) is 29.4. The first-order valence-electron chi connectivity index (χ1n) is 17.1. The van der Waals surface area contributed by atoms with Crippen LogP contribution in [0.15, 0.2) is 200 Å². The Morgan fingerprint density at radius 1 is 0.412 bits per heavy atom. The van der Waals surface area contributed by atoms with Gasteiger partial charge in [-0.25, -0.2) is 0 Å². The van der Waals surface area contributed by atoms with Crippen LogP contribution >= 0.6 is 0 Å². The molecule has 0 atom stereocenters. The first-order valence-corrected chi connectivity index (χ1v) is 17.1. The smallest absolute Gasteiger partial charge is 0.397 e. The third-order valence-electron chi connectivity index (χ3n) is 7.55. The van der Waals surface area contributed by atoms with Crippen molar-refractivity contribution in [1.29, 1.82) is 0 Å². The molecule has 0 unspecified atom stereocenters. The molecule has 0 fully saturated rings. The van der Waals surface area contributed by atoms with Gasteiger partial charge in [-0.1, -0.05) is 84.9 Å². The molecule has 2 N–H and O–H groups in total. The van der Waals surface area contributed by atoms with E-state index >= 15 is 0 Å². The Hall–Kier alpha value is -4.92. The van der Waals surface area contributed by atoms with Crippen molar-refractivity contribution in [3.8, 4) is 0 Å². The zero-order valence-corrected chi connectivity index (χ0v) is 31.9. The number of benzene rings is 6. The number of rotatable bonds is 2. The fourth-order valence-corrected chi connectivity index (χ4v) is 5.33. The topological polar surface area (TPSA) is 40.5 Å². The first kappa shape index (κ1) is 40.5. The molecule has 9 aromatic carbocycles. The van der Waals surface area contributed by atoms with Crippen LogP contribution in [0.25, 0.3) is 43.1 Å². The van der Waals surface area contributed by atoms with Crippen LogP contribution in [0.2, 0.25) is 0 Å². The first-order chi connectivity index (χ1) is 24.7. The largest absolute Gasteiger partial charge is 4.00 e. The molecule has 0 saturated heterocycles. The summed E-state index contributed by atoms with van der Waals surface area (Å²) in [4.78, 5) is 0. The van der Waals surface area contributed by atoms with Gasteiger partial charge in [-0.05, 0) is 13.8 Å². The SMILES string of the molecule is CCO.CCO.[Zr+4].c1ccc([CH-]c2ccccc2)cc1.c1ccc2[cH-]ccc2c1.c1ccc2[cH-]ccc2c1.c1ccc2c(c1)[cH-]c1ccccc12.